The van der Waals surface area contributed by atoms with Crippen molar-refractivity contribution in [3.8, 4) is 0 Å². The van der Waals surface area contributed by atoms with E-state index in [0.717, 1.165) is 41.6 Å². The molecule has 0 saturated heterocycles. The number of fused-ring (bicyclic) bond motifs is 1. The van der Waals surface area contributed by atoms with E-state index in [4.69, 9.17) is 0 Å². The highest BCUT2D eigenvalue weighted by molar-refractivity contribution is 5.82. The van der Waals surface area contributed by atoms with E-state index in [2.05, 4.69) is 23.0 Å². The van der Waals surface area contributed by atoms with Crippen LogP contribution in [0.2, 0.25) is 0 Å². The fraction of sp³-hybridized carbons (Fsp3) is 0.533. The van der Waals surface area contributed by atoms with E-state index in [1.807, 2.05) is 26.1 Å². The summed E-state index contributed by atoms with van der Waals surface area (Å²) in [7, 11) is 0. The lowest BCUT2D eigenvalue weighted by atomic mass is 9.90. The Morgan fingerprint density at radius 3 is 2.78 bits per heavy atom. The minimum Gasteiger partial charge on any atom is -0.389 e. The van der Waals surface area contributed by atoms with Crippen LogP contribution in [0.15, 0.2) is 18.3 Å². The van der Waals surface area contributed by atoms with Crippen LogP contribution in [-0.2, 0) is 6.42 Å². The van der Waals surface area contributed by atoms with Crippen LogP contribution in [0.25, 0.3) is 10.9 Å². The predicted molar refractivity (Wildman–Crippen MR) is 74.7 cm³/mol. The zero-order valence-corrected chi connectivity index (χ0v) is 11.5. The minimum absolute atomic E-state index is 0.586. The third-order valence-electron chi connectivity index (χ3n) is 3.70. The smallest absolute Gasteiger partial charge is 0.0699 e. The first-order valence-electron chi connectivity index (χ1n) is 6.73. The average molecular weight is 246 g/mol. The second-order valence-corrected chi connectivity index (χ2v) is 5.16. The summed E-state index contributed by atoms with van der Waals surface area (Å²) in [5.41, 5.74) is 2.65. The molecule has 1 unspecified atom stereocenters. The van der Waals surface area contributed by atoms with Crippen molar-refractivity contribution in [3.63, 3.8) is 0 Å². The molecule has 2 N–H and O–H groups in total. The molecule has 0 aromatic carbocycles. The molecule has 98 valence electrons. The fourth-order valence-electron chi connectivity index (χ4n) is 2.56. The minimum atomic E-state index is -0.586. The van der Waals surface area contributed by atoms with E-state index in [1.165, 1.54) is 0 Å². The summed E-state index contributed by atoms with van der Waals surface area (Å²) < 4.78 is 0. The van der Waals surface area contributed by atoms with Crippen LogP contribution in [-0.4, -0.2) is 20.7 Å². The molecular formula is C15H22N2O. The second-order valence-electron chi connectivity index (χ2n) is 5.16. The van der Waals surface area contributed by atoms with E-state index < -0.39 is 5.60 Å². The molecule has 1 atom stereocenters. The van der Waals surface area contributed by atoms with Crippen LogP contribution in [0.1, 0.15) is 44.5 Å². The highest BCUT2D eigenvalue weighted by Crippen LogP contribution is 2.25. The van der Waals surface area contributed by atoms with Gasteiger partial charge < -0.3 is 10.1 Å². The van der Waals surface area contributed by atoms with Crippen molar-refractivity contribution >= 4 is 10.9 Å². The quantitative estimate of drug-likeness (QED) is 0.850. The predicted octanol–water partition coefficient (Wildman–Crippen LogP) is 3.36. The van der Waals surface area contributed by atoms with Gasteiger partial charge in [0.25, 0.3) is 0 Å². The first kappa shape index (κ1) is 13.1. The first-order chi connectivity index (χ1) is 8.58. The molecule has 0 bridgehead atoms. The summed E-state index contributed by atoms with van der Waals surface area (Å²) in [6.07, 6.45) is 5.14. The summed E-state index contributed by atoms with van der Waals surface area (Å²) in [5.74, 6) is 0. The average Bonchev–Trinajstić information content (AvgIpc) is 2.73. The van der Waals surface area contributed by atoms with E-state index >= 15 is 0 Å². The third-order valence-corrected chi connectivity index (χ3v) is 3.70. The van der Waals surface area contributed by atoms with Crippen molar-refractivity contribution in [2.24, 2.45) is 0 Å². The Morgan fingerprint density at radius 2 is 2.17 bits per heavy atom. The summed E-state index contributed by atoms with van der Waals surface area (Å²) in [4.78, 5) is 7.68. The summed E-state index contributed by atoms with van der Waals surface area (Å²) in [5, 5.41) is 11.7. The van der Waals surface area contributed by atoms with Gasteiger partial charge in [0.1, 0.15) is 0 Å². The molecule has 2 aromatic heterocycles. The zero-order chi connectivity index (χ0) is 13.2. The van der Waals surface area contributed by atoms with Gasteiger partial charge in [-0.25, -0.2) is 0 Å². The molecule has 0 fully saturated rings. The number of aromatic nitrogens is 2. The lowest BCUT2D eigenvalue weighted by Gasteiger charge is -2.25. The van der Waals surface area contributed by atoms with Crippen molar-refractivity contribution < 1.29 is 5.11 Å². The van der Waals surface area contributed by atoms with Crippen LogP contribution in [0, 0.1) is 6.92 Å². The number of hydrogen-bond acceptors (Lipinski definition) is 2. The van der Waals surface area contributed by atoms with E-state index in [-0.39, 0.29) is 0 Å². The van der Waals surface area contributed by atoms with Gasteiger partial charge in [-0.05, 0) is 31.9 Å². The highest BCUT2D eigenvalue weighted by atomic mass is 16.3. The van der Waals surface area contributed by atoms with E-state index in [9.17, 15) is 5.11 Å². The summed E-state index contributed by atoms with van der Waals surface area (Å²) in [6, 6.07) is 4.10. The SMILES string of the molecule is CCCC(O)(CC)Cc1cc2c(C)nccc2[nH]1. The molecule has 2 rings (SSSR count). The third kappa shape index (κ3) is 2.56. The molecule has 0 aliphatic rings. The molecule has 18 heavy (non-hydrogen) atoms. The fourth-order valence-corrected chi connectivity index (χ4v) is 2.56. The zero-order valence-electron chi connectivity index (χ0n) is 11.5. The van der Waals surface area contributed by atoms with Gasteiger partial charge in [-0.3, -0.25) is 4.98 Å². The Labute approximate surface area is 108 Å². The Balaban J connectivity index is 2.29. The number of hydrogen-bond donors (Lipinski definition) is 2. The van der Waals surface area contributed by atoms with Crippen LogP contribution in [0.5, 0.6) is 0 Å². The van der Waals surface area contributed by atoms with Gasteiger partial charge in [0.15, 0.2) is 0 Å². The topological polar surface area (TPSA) is 48.9 Å². The Bertz CT molecular complexity index is 532. The Hall–Kier alpha value is -1.35. The molecule has 2 aromatic rings. The largest absolute Gasteiger partial charge is 0.389 e. The molecular weight excluding hydrogens is 224 g/mol. The van der Waals surface area contributed by atoms with Gasteiger partial charge in [0, 0.05) is 34.9 Å². The molecule has 0 radical (unpaired) electrons. The number of aryl methyl sites for hydroxylation is 1. The van der Waals surface area contributed by atoms with Gasteiger partial charge in [0.2, 0.25) is 0 Å². The van der Waals surface area contributed by atoms with Crippen LogP contribution >= 0.6 is 0 Å². The monoisotopic (exact) mass is 246 g/mol. The van der Waals surface area contributed by atoms with Crippen molar-refractivity contribution in [3.05, 3.63) is 29.7 Å². The maximum Gasteiger partial charge on any atom is 0.0699 e. The second kappa shape index (κ2) is 5.11. The highest BCUT2D eigenvalue weighted by Gasteiger charge is 2.24. The Kier molecular flexibility index (Phi) is 3.71. The Morgan fingerprint density at radius 1 is 1.39 bits per heavy atom. The lowest BCUT2D eigenvalue weighted by molar-refractivity contribution is 0.0263. The number of pyridine rings is 1. The van der Waals surface area contributed by atoms with Crippen molar-refractivity contribution in [2.75, 3.05) is 0 Å². The number of H-pyrrole nitrogens is 1. The standard InChI is InChI=1S/C15H22N2O/c1-4-7-15(18,5-2)10-12-9-13-11(3)16-8-6-14(13)17-12/h6,8-9,17-18H,4-5,7,10H2,1-3H3. The van der Waals surface area contributed by atoms with Crippen molar-refractivity contribution in [1.29, 1.82) is 0 Å². The number of rotatable bonds is 5. The van der Waals surface area contributed by atoms with Crippen LogP contribution in [0.4, 0.5) is 0 Å². The first-order valence-corrected chi connectivity index (χ1v) is 6.73. The molecule has 0 aliphatic heterocycles. The van der Waals surface area contributed by atoms with E-state index in [1.54, 1.807) is 0 Å². The number of nitrogens with one attached hydrogen (secondary N) is 1. The van der Waals surface area contributed by atoms with Gasteiger partial charge in [-0.15, -0.1) is 0 Å². The lowest BCUT2D eigenvalue weighted by Crippen LogP contribution is -2.30. The number of aromatic amines is 1. The van der Waals surface area contributed by atoms with Gasteiger partial charge >= 0.3 is 0 Å². The summed E-state index contributed by atoms with van der Waals surface area (Å²) >= 11 is 0. The maximum absolute atomic E-state index is 10.5. The molecule has 0 aliphatic carbocycles. The molecule has 3 heteroatoms. The van der Waals surface area contributed by atoms with E-state index in [0.29, 0.717) is 6.42 Å². The summed E-state index contributed by atoms with van der Waals surface area (Å²) in [6.45, 7) is 6.17. The van der Waals surface area contributed by atoms with Crippen LogP contribution in [0.3, 0.4) is 0 Å². The molecule has 2 heterocycles. The number of aliphatic hydroxyl groups is 1. The van der Waals surface area contributed by atoms with Crippen molar-refractivity contribution in [1.82, 2.24) is 9.97 Å². The van der Waals surface area contributed by atoms with Crippen molar-refractivity contribution in [2.45, 2.75) is 52.1 Å². The normalized spacial score (nSPS) is 14.9. The van der Waals surface area contributed by atoms with Gasteiger partial charge in [-0.2, -0.15) is 0 Å². The van der Waals surface area contributed by atoms with Gasteiger partial charge in [0.05, 0.1) is 5.60 Å². The maximum atomic E-state index is 10.5. The van der Waals surface area contributed by atoms with Crippen LogP contribution < -0.4 is 0 Å². The molecule has 0 saturated carbocycles. The van der Waals surface area contributed by atoms with Gasteiger partial charge in [-0.1, -0.05) is 20.3 Å². The molecule has 0 spiro atoms. The number of nitrogens with zero attached hydrogens (tertiary/aromatic N) is 1. The molecule has 0 amide bonds. The molecule has 3 nitrogen and oxygen atoms in total.